The molecular weight excluding hydrogens is 200 g/mol. The second-order valence-electron chi connectivity index (χ2n) is 3.06. The molecule has 6 heteroatoms. The monoisotopic (exact) mass is 212 g/mol. The first kappa shape index (κ1) is 11.2. The molecule has 1 atom stereocenters. The van der Waals surface area contributed by atoms with Crippen molar-refractivity contribution in [3.8, 4) is 0 Å². The molecule has 0 aromatic carbocycles. The van der Waals surface area contributed by atoms with Crippen molar-refractivity contribution in [3.63, 3.8) is 0 Å². The fraction of sp³-hybridized carbons (Fsp3) is 0.444. The van der Waals surface area contributed by atoms with Crippen molar-refractivity contribution in [2.75, 3.05) is 7.11 Å². The number of nitrogens with zero attached hydrogens (tertiary/aromatic N) is 1. The average molecular weight is 212 g/mol. The minimum absolute atomic E-state index is 0.103. The van der Waals surface area contributed by atoms with Gasteiger partial charge in [0.05, 0.1) is 13.3 Å². The number of aromatic nitrogens is 1. The molecule has 0 spiro atoms. The third-order valence-electron chi connectivity index (χ3n) is 1.86. The maximum atomic E-state index is 11.5. The summed E-state index contributed by atoms with van der Waals surface area (Å²) in [6.45, 7) is 3.21. The first-order chi connectivity index (χ1) is 7.06. The van der Waals surface area contributed by atoms with E-state index in [1.54, 1.807) is 6.92 Å². The predicted octanol–water partition coefficient (Wildman–Crippen LogP) is 0.274. The summed E-state index contributed by atoms with van der Waals surface area (Å²) in [6, 6.07) is -0.716. The molecule has 0 saturated heterocycles. The van der Waals surface area contributed by atoms with Crippen LogP contribution >= 0.6 is 0 Å². The van der Waals surface area contributed by atoms with Crippen LogP contribution < -0.4 is 5.32 Å². The Bertz CT molecular complexity index is 372. The minimum Gasteiger partial charge on any atom is -0.467 e. The third kappa shape index (κ3) is 2.55. The van der Waals surface area contributed by atoms with E-state index in [1.165, 1.54) is 20.2 Å². The highest BCUT2D eigenvalue weighted by molar-refractivity contribution is 5.95. The summed E-state index contributed by atoms with van der Waals surface area (Å²) in [6.07, 6.45) is 1.43. The number of ether oxygens (including phenoxy) is 1. The van der Waals surface area contributed by atoms with Crippen LogP contribution in [0.1, 0.15) is 23.0 Å². The van der Waals surface area contributed by atoms with E-state index >= 15 is 0 Å². The van der Waals surface area contributed by atoms with Crippen LogP contribution in [-0.2, 0) is 9.53 Å². The molecule has 1 unspecified atom stereocenters. The van der Waals surface area contributed by atoms with Crippen LogP contribution in [0.3, 0.4) is 0 Å². The number of methoxy groups -OCH3 is 1. The Labute approximate surface area is 86.6 Å². The number of nitrogens with one attached hydrogen (secondary N) is 1. The molecule has 6 nitrogen and oxygen atoms in total. The van der Waals surface area contributed by atoms with E-state index in [4.69, 9.17) is 4.52 Å². The van der Waals surface area contributed by atoms with Gasteiger partial charge in [0.25, 0.3) is 5.91 Å². The van der Waals surface area contributed by atoms with Gasteiger partial charge >= 0.3 is 5.97 Å². The first-order valence-electron chi connectivity index (χ1n) is 4.36. The van der Waals surface area contributed by atoms with Gasteiger partial charge in [0.2, 0.25) is 5.76 Å². The predicted molar refractivity (Wildman–Crippen MR) is 50.2 cm³/mol. The first-order valence-corrected chi connectivity index (χ1v) is 4.36. The van der Waals surface area contributed by atoms with Crippen molar-refractivity contribution < 1.29 is 18.8 Å². The molecule has 0 aliphatic carbocycles. The highest BCUT2D eigenvalue weighted by Gasteiger charge is 2.20. The standard InChI is InChI=1S/C9H12N2O4/c1-5-4-10-15-7(5)8(12)11-6(2)9(13)14-3/h4,6H,1-3H3,(H,11,12). The van der Waals surface area contributed by atoms with Gasteiger partial charge in [0.1, 0.15) is 6.04 Å². The van der Waals surface area contributed by atoms with Gasteiger partial charge in [-0.15, -0.1) is 0 Å². The number of amides is 1. The normalized spacial score (nSPS) is 11.9. The number of hydrogen-bond donors (Lipinski definition) is 1. The molecule has 0 bridgehead atoms. The van der Waals surface area contributed by atoms with Crippen molar-refractivity contribution >= 4 is 11.9 Å². The Hall–Kier alpha value is -1.85. The van der Waals surface area contributed by atoms with E-state index in [0.29, 0.717) is 5.56 Å². The van der Waals surface area contributed by atoms with E-state index in [-0.39, 0.29) is 5.76 Å². The average Bonchev–Trinajstić information content (AvgIpc) is 2.63. The lowest BCUT2D eigenvalue weighted by Crippen LogP contribution is -2.39. The van der Waals surface area contributed by atoms with Gasteiger partial charge in [0.15, 0.2) is 0 Å². The molecule has 1 heterocycles. The SMILES string of the molecule is COC(=O)C(C)NC(=O)c1oncc1C. The number of rotatable bonds is 3. The van der Waals surface area contributed by atoms with Crippen molar-refractivity contribution in [3.05, 3.63) is 17.5 Å². The summed E-state index contributed by atoms with van der Waals surface area (Å²) in [5, 5.41) is 5.89. The summed E-state index contributed by atoms with van der Waals surface area (Å²) >= 11 is 0. The largest absolute Gasteiger partial charge is 0.467 e. The maximum absolute atomic E-state index is 11.5. The van der Waals surface area contributed by atoms with Crippen molar-refractivity contribution in [2.45, 2.75) is 19.9 Å². The zero-order valence-electron chi connectivity index (χ0n) is 8.73. The molecule has 15 heavy (non-hydrogen) atoms. The highest BCUT2D eigenvalue weighted by atomic mass is 16.5. The van der Waals surface area contributed by atoms with Crippen LogP contribution in [0.2, 0.25) is 0 Å². The fourth-order valence-corrected chi connectivity index (χ4v) is 1.01. The molecule has 0 fully saturated rings. The van der Waals surface area contributed by atoms with Crippen LogP contribution in [-0.4, -0.2) is 30.2 Å². The second-order valence-corrected chi connectivity index (χ2v) is 3.06. The topological polar surface area (TPSA) is 81.4 Å². The van der Waals surface area contributed by atoms with E-state index in [0.717, 1.165) is 0 Å². The maximum Gasteiger partial charge on any atom is 0.328 e. The Morgan fingerprint density at radius 2 is 2.27 bits per heavy atom. The Morgan fingerprint density at radius 1 is 1.60 bits per heavy atom. The summed E-state index contributed by atoms with van der Waals surface area (Å²) < 4.78 is 9.19. The molecule has 0 aliphatic heterocycles. The molecule has 1 N–H and O–H groups in total. The molecule has 1 amide bonds. The van der Waals surface area contributed by atoms with E-state index < -0.39 is 17.9 Å². The Morgan fingerprint density at radius 3 is 2.73 bits per heavy atom. The van der Waals surface area contributed by atoms with Crippen molar-refractivity contribution in [1.29, 1.82) is 0 Å². The second kappa shape index (κ2) is 4.59. The minimum atomic E-state index is -0.716. The van der Waals surface area contributed by atoms with E-state index in [9.17, 15) is 9.59 Å². The third-order valence-corrected chi connectivity index (χ3v) is 1.86. The number of aryl methyl sites for hydroxylation is 1. The smallest absolute Gasteiger partial charge is 0.328 e. The highest BCUT2D eigenvalue weighted by Crippen LogP contribution is 2.05. The molecule has 0 aliphatic rings. The molecule has 82 valence electrons. The van der Waals surface area contributed by atoms with Gasteiger partial charge < -0.3 is 14.6 Å². The van der Waals surface area contributed by atoms with Gasteiger partial charge in [-0.05, 0) is 13.8 Å². The summed E-state index contributed by atoms with van der Waals surface area (Å²) in [5.74, 6) is -0.894. The van der Waals surface area contributed by atoms with Gasteiger partial charge in [-0.1, -0.05) is 5.16 Å². The number of hydrogen-bond acceptors (Lipinski definition) is 5. The van der Waals surface area contributed by atoms with Gasteiger partial charge in [-0.3, -0.25) is 4.79 Å². The summed E-state index contributed by atoms with van der Waals surface area (Å²) in [7, 11) is 1.25. The Kier molecular flexibility index (Phi) is 3.43. The van der Waals surface area contributed by atoms with Gasteiger partial charge in [0, 0.05) is 5.56 Å². The van der Waals surface area contributed by atoms with Crippen LogP contribution in [0, 0.1) is 6.92 Å². The van der Waals surface area contributed by atoms with Gasteiger partial charge in [-0.25, -0.2) is 4.79 Å². The molecular formula is C9H12N2O4. The quantitative estimate of drug-likeness (QED) is 0.727. The zero-order valence-corrected chi connectivity index (χ0v) is 8.73. The molecule has 0 saturated carbocycles. The Balaban J connectivity index is 2.64. The van der Waals surface area contributed by atoms with Crippen molar-refractivity contribution in [1.82, 2.24) is 10.5 Å². The number of esters is 1. The van der Waals surface area contributed by atoms with Crippen LogP contribution in [0.25, 0.3) is 0 Å². The van der Waals surface area contributed by atoms with Crippen LogP contribution in [0.15, 0.2) is 10.7 Å². The van der Waals surface area contributed by atoms with Gasteiger partial charge in [-0.2, -0.15) is 0 Å². The molecule has 1 aromatic heterocycles. The van der Waals surface area contributed by atoms with Crippen molar-refractivity contribution in [2.24, 2.45) is 0 Å². The van der Waals surface area contributed by atoms with Crippen LogP contribution in [0.5, 0.6) is 0 Å². The molecule has 1 aromatic rings. The molecule has 0 radical (unpaired) electrons. The lowest BCUT2D eigenvalue weighted by Gasteiger charge is -2.09. The fourth-order valence-electron chi connectivity index (χ4n) is 1.01. The summed E-state index contributed by atoms with van der Waals surface area (Å²) in [5.41, 5.74) is 0.615. The van der Waals surface area contributed by atoms with E-state index in [2.05, 4.69) is 15.2 Å². The van der Waals surface area contributed by atoms with E-state index in [1.807, 2.05) is 0 Å². The number of carbonyl (C=O) groups excluding carboxylic acids is 2. The van der Waals surface area contributed by atoms with Crippen LogP contribution in [0.4, 0.5) is 0 Å². The summed E-state index contributed by atoms with van der Waals surface area (Å²) in [4.78, 5) is 22.5. The number of carbonyl (C=O) groups is 2. The lowest BCUT2D eigenvalue weighted by molar-refractivity contribution is -0.142. The lowest BCUT2D eigenvalue weighted by atomic mass is 10.2. The zero-order chi connectivity index (χ0) is 11.4. The molecule has 1 rings (SSSR count).